The van der Waals surface area contributed by atoms with Crippen molar-refractivity contribution in [3.63, 3.8) is 0 Å². The van der Waals surface area contributed by atoms with Crippen LogP contribution in [0.15, 0.2) is 30.3 Å². The van der Waals surface area contributed by atoms with Crippen LogP contribution in [0.1, 0.15) is 19.8 Å². The van der Waals surface area contributed by atoms with Gasteiger partial charge < -0.3 is 11.1 Å². The summed E-state index contributed by atoms with van der Waals surface area (Å²) in [5, 5.41) is 2.90. The smallest absolute Gasteiger partial charge is 0.241 e. The lowest BCUT2D eigenvalue weighted by Gasteiger charge is -2.34. The second-order valence-corrected chi connectivity index (χ2v) is 5.24. The van der Waals surface area contributed by atoms with Gasteiger partial charge in [-0.1, -0.05) is 18.2 Å². The molecule has 0 spiro atoms. The molecule has 0 aromatic heterocycles. The number of carbonyl (C=O) groups excluding carboxylic acids is 2. The number of hydrogen-bond acceptors (Lipinski definition) is 3. The van der Waals surface area contributed by atoms with Crippen molar-refractivity contribution in [1.82, 2.24) is 4.90 Å². The summed E-state index contributed by atoms with van der Waals surface area (Å²) in [6.45, 7) is 3.36. The Balaban J connectivity index is 1.87. The highest BCUT2D eigenvalue weighted by molar-refractivity contribution is 5.94. The highest BCUT2D eigenvalue weighted by Gasteiger charge is 2.28. The number of nitrogens with zero attached hydrogens (tertiary/aromatic N) is 1. The van der Waals surface area contributed by atoms with Crippen LogP contribution in [-0.4, -0.2) is 35.8 Å². The van der Waals surface area contributed by atoms with Gasteiger partial charge in [-0.25, -0.2) is 0 Å². The molecule has 0 aliphatic carbocycles. The van der Waals surface area contributed by atoms with E-state index in [1.807, 2.05) is 37.3 Å². The number of nitrogens with one attached hydrogen (secondary N) is 1. The van der Waals surface area contributed by atoms with Crippen molar-refractivity contribution >= 4 is 17.5 Å². The normalized spacial score (nSPS) is 18.4. The van der Waals surface area contributed by atoms with E-state index in [-0.39, 0.29) is 23.8 Å². The first-order valence-corrected chi connectivity index (χ1v) is 6.97. The Kier molecular flexibility index (Phi) is 4.74. The van der Waals surface area contributed by atoms with Gasteiger partial charge >= 0.3 is 0 Å². The fraction of sp³-hybridized carbons (Fsp3) is 0.467. The van der Waals surface area contributed by atoms with Crippen LogP contribution in [0, 0.1) is 5.92 Å². The topological polar surface area (TPSA) is 75.4 Å². The molecule has 0 radical (unpaired) electrons. The van der Waals surface area contributed by atoms with E-state index in [9.17, 15) is 9.59 Å². The molecule has 2 amide bonds. The van der Waals surface area contributed by atoms with Gasteiger partial charge in [0.05, 0.1) is 6.04 Å². The molecular weight excluding hydrogens is 254 g/mol. The molecule has 0 unspecified atom stereocenters. The molecule has 1 fully saturated rings. The molecular formula is C15H21N3O2. The molecule has 20 heavy (non-hydrogen) atoms. The monoisotopic (exact) mass is 275 g/mol. The Morgan fingerprint density at radius 3 is 2.40 bits per heavy atom. The molecule has 1 aliphatic heterocycles. The Morgan fingerprint density at radius 1 is 1.25 bits per heavy atom. The lowest BCUT2D eigenvalue weighted by atomic mass is 9.95. The van der Waals surface area contributed by atoms with E-state index in [0.717, 1.165) is 31.6 Å². The molecule has 2 rings (SSSR count). The van der Waals surface area contributed by atoms with Crippen molar-refractivity contribution in [1.29, 1.82) is 0 Å². The number of likely N-dealkylation sites (tertiary alicyclic amines) is 1. The Morgan fingerprint density at radius 2 is 1.85 bits per heavy atom. The summed E-state index contributed by atoms with van der Waals surface area (Å²) in [5.74, 6) is -0.296. The maximum absolute atomic E-state index is 12.2. The Hall–Kier alpha value is -1.88. The van der Waals surface area contributed by atoms with Crippen LogP contribution in [0.3, 0.4) is 0 Å². The van der Waals surface area contributed by atoms with E-state index in [4.69, 9.17) is 5.73 Å². The zero-order valence-corrected chi connectivity index (χ0v) is 11.7. The fourth-order valence-electron chi connectivity index (χ4n) is 2.51. The number of primary amides is 1. The van der Waals surface area contributed by atoms with Crippen LogP contribution in [0.5, 0.6) is 0 Å². The van der Waals surface area contributed by atoms with Gasteiger partial charge in [-0.15, -0.1) is 0 Å². The zero-order chi connectivity index (χ0) is 14.5. The summed E-state index contributed by atoms with van der Waals surface area (Å²) in [5.41, 5.74) is 6.12. The summed E-state index contributed by atoms with van der Waals surface area (Å²) in [6, 6.07) is 9.21. The van der Waals surface area contributed by atoms with Crippen molar-refractivity contribution in [2.75, 3.05) is 18.4 Å². The molecule has 1 aromatic carbocycles. The highest BCUT2D eigenvalue weighted by atomic mass is 16.2. The molecule has 5 heteroatoms. The molecule has 1 heterocycles. The standard InChI is InChI=1S/C15H21N3O2/c1-11(15(20)17-13-5-3-2-4-6-13)18-9-7-12(8-10-18)14(16)19/h2-6,11-12H,7-10H2,1H3,(H2,16,19)(H,17,20)/t11-/m0/s1. The SMILES string of the molecule is C[C@@H](C(=O)Nc1ccccc1)N1CCC(C(N)=O)CC1. The number of carbonyl (C=O) groups is 2. The van der Waals surface area contributed by atoms with E-state index in [1.165, 1.54) is 0 Å². The minimum Gasteiger partial charge on any atom is -0.369 e. The van der Waals surface area contributed by atoms with E-state index in [2.05, 4.69) is 10.2 Å². The number of nitrogens with two attached hydrogens (primary N) is 1. The van der Waals surface area contributed by atoms with Gasteiger partial charge in [0.15, 0.2) is 0 Å². The van der Waals surface area contributed by atoms with E-state index < -0.39 is 0 Å². The lowest BCUT2D eigenvalue weighted by Crippen LogP contribution is -2.47. The van der Waals surface area contributed by atoms with Crippen molar-refractivity contribution in [2.45, 2.75) is 25.8 Å². The first kappa shape index (κ1) is 14.5. The fourth-order valence-corrected chi connectivity index (χ4v) is 2.51. The number of piperidine rings is 1. The van der Waals surface area contributed by atoms with Crippen LogP contribution in [-0.2, 0) is 9.59 Å². The van der Waals surface area contributed by atoms with Gasteiger partial charge in [-0.05, 0) is 45.0 Å². The second-order valence-electron chi connectivity index (χ2n) is 5.24. The number of para-hydroxylation sites is 1. The number of anilines is 1. The van der Waals surface area contributed by atoms with Gasteiger partial charge in [0.1, 0.15) is 0 Å². The first-order chi connectivity index (χ1) is 9.58. The first-order valence-electron chi connectivity index (χ1n) is 6.97. The maximum atomic E-state index is 12.2. The molecule has 0 bridgehead atoms. The Labute approximate surface area is 119 Å². The minimum atomic E-state index is -0.231. The number of rotatable bonds is 4. The van der Waals surface area contributed by atoms with Crippen LogP contribution < -0.4 is 11.1 Å². The van der Waals surface area contributed by atoms with Gasteiger partial charge in [0, 0.05) is 11.6 Å². The largest absolute Gasteiger partial charge is 0.369 e. The summed E-state index contributed by atoms with van der Waals surface area (Å²) in [4.78, 5) is 25.4. The quantitative estimate of drug-likeness (QED) is 0.867. The van der Waals surface area contributed by atoms with Crippen molar-refractivity contribution < 1.29 is 9.59 Å². The number of benzene rings is 1. The van der Waals surface area contributed by atoms with E-state index >= 15 is 0 Å². The molecule has 108 valence electrons. The number of amides is 2. The van der Waals surface area contributed by atoms with Crippen molar-refractivity contribution in [3.8, 4) is 0 Å². The summed E-state index contributed by atoms with van der Waals surface area (Å²) in [6.07, 6.45) is 1.47. The molecule has 1 atom stereocenters. The van der Waals surface area contributed by atoms with Crippen LogP contribution in [0.25, 0.3) is 0 Å². The minimum absolute atomic E-state index is 0.0197. The molecule has 3 N–H and O–H groups in total. The lowest BCUT2D eigenvalue weighted by molar-refractivity contribution is -0.124. The second kappa shape index (κ2) is 6.52. The maximum Gasteiger partial charge on any atom is 0.241 e. The third kappa shape index (κ3) is 3.57. The van der Waals surface area contributed by atoms with Crippen LogP contribution in [0.2, 0.25) is 0 Å². The van der Waals surface area contributed by atoms with E-state index in [1.54, 1.807) is 0 Å². The van der Waals surface area contributed by atoms with Crippen molar-refractivity contribution in [2.24, 2.45) is 11.7 Å². The Bertz CT molecular complexity index is 467. The molecule has 1 aromatic rings. The third-order valence-electron chi connectivity index (χ3n) is 3.90. The van der Waals surface area contributed by atoms with Crippen LogP contribution >= 0.6 is 0 Å². The average Bonchev–Trinajstić information content (AvgIpc) is 2.47. The predicted octanol–water partition coefficient (Wildman–Crippen LogP) is 1.21. The number of hydrogen-bond donors (Lipinski definition) is 2. The average molecular weight is 275 g/mol. The third-order valence-corrected chi connectivity index (χ3v) is 3.90. The van der Waals surface area contributed by atoms with Gasteiger partial charge in [-0.3, -0.25) is 14.5 Å². The summed E-state index contributed by atoms with van der Waals surface area (Å²) >= 11 is 0. The zero-order valence-electron chi connectivity index (χ0n) is 11.7. The summed E-state index contributed by atoms with van der Waals surface area (Å²) in [7, 11) is 0. The van der Waals surface area contributed by atoms with Crippen molar-refractivity contribution in [3.05, 3.63) is 30.3 Å². The molecule has 1 aliphatic rings. The van der Waals surface area contributed by atoms with E-state index in [0.29, 0.717) is 0 Å². The highest BCUT2D eigenvalue weighted by Crippen LogP contribution is 2.19. The molecule has 5 nitrogen and oxygen atoms in total. The van der Waals surface area contributed by atoms with Crippen LogP contribution in [0.4, 0.5) is 5.69 Å². The molecule has 1 saturated heterocycles. The molecule has 0 saturated carbocycles. The van der Waals surface area contributed by atoms with Gasteiger partial charge in [0.2, 0.25) is 11.8 Å². The summed E-state index contributed by atoms with van der Waals surface area (Å²) < 4.78 is 0. The van der Waals surface area contributed by atoms with Gasteiger partial charge in [0.25, 0.3) is 0 Å². The van der Waals surface area contributed by atoms with Gasteiger partial charge in [-0.2, -0.15) is 0 Å². The predicted molar refractivity (Wildman–Crippen MR) is 78.0 cm³/mol.